The van der Waals surface area contributed by atoms with Crippen molar-refractivity contribution >= 4 is 5.91 Å². The maximum Gasteiger partial charge on any atom is 0.251 e. The van der Waals surface area contributed by atoms with E-state index >= 15 is 0 Å². The Morgan fingerprint density at radius 1 is 1.04 bits per heavy atom. The van der Waals surface area contributed by atoms with Crippen LogP contribution in [-0.4, -0.2) is 20.1 Å². The average Bonchev–Trinajstić information content (AvgIpc) is 2.60. The van der Waals surface area contributed by atoms with Gasteiger partial charge in [-0.3, -0.25) is 4.79 Å². The summed E-state index contributed by atoms with van der Waals surface area (Å²) in [6.07, 6.45) is 0.962. The van der Waals surface area contributed by atoms with E-state index in [0.717, 1.165) is 12.0 Å². The van der Waals surface area contributed by atoms with Crippen LogP contribution in [0.3, 0.4) is 0 Å². The minimum absolute atomic E-state index is 0.0880. The molecule has 0 aromatic heterocycles. The van der Waals surface area contributed by atoms with E-state index in [0.29, 0.717) is 17.1 Å². The molecule has 0 heterocycles. The lowest BCUT2D eigenvalue weighted by atomic mass is 10.1. The number of benzene rings is 2. The Balaban J connectivity index is 2.11. The fourth-order valence-electron chi connectivity index (χ4n) is 2.38. The van der Waals surface area contributed by atoms with E-state index in [-0.39, 0.29) is 11.9 Å². The maximum atomic E-state index is 12.3. The van der Waals surface area contributed by atoms with Crippen molar-refractivity contribution in [3.05, 3.63) is 59.2 Å². The molecule has 0 saturated carbocycles. The van der Waals surface area contributed by atoms with Crippen LogP contribution in [0.5, 0.6) is 11.5 Å². The number of methoxy groups -OCH3 is 2. The van der Waals surface area contributed by atoms with Crippen LogP contribution in [-0.2, 0) is 6.42 Å². The van der Waals surface area contributed by atoms with E-state index in [4.69, 9.17) is 9.47 Å². The maximum absolute atomic E-state index is 12.3. The Kier molecular flexibility index (Phi) is 5.63. The van der Waals surface area contributed by atoms with Gasteiger partial charge in [0.1, 0.15) is 0 Å². The number of amides is 1. The summed E-state index contributed by atoms with van der Waals surface area (Å²) < 4.78 is 10.5. The first-order chi connectivity index (χ1) is 11.1. The molecule has 2 aromatic rings. The Bertz CT molecular complexity index is 665. The number of aryl methyl sites for hydroxylation is 1. The van der Waals surface area contributed by atoms with Gasteiger partial charge in [-0.05, 0) is 48.7 Å². The molecule has 4 nitrogen and oxygen atoms in total. The van der Waals surface area contributed by atoms with E-state index in [1.54, 1.807) is 14.2 Å². The van der Waals surface area contributed by atoms with Gasteiger partial charge in [-0.15, -0.1) is 0 Å². The Morgan fingerprint density at radius 3 is 2.26 bits per heavy atom. The molecular formula is C19H23NO3. The number of hydrogen-bond donors (Lipinski definition) is 1. The summed E-state index contributed by atoms with van der Waals surface area (Å²) in [6.45, 7) is 4.04. The second-order valence-corrected chi connectivity index (χ2v) is 5.36. The SMILES string of the molecule is CCc1ccc(C(=O)NC(C)c2ccc(OC)c(OC)c2)cc1. The third kappa shape index (κ3) is 4.03. The van der Waals surface area contributed by atoms with Crippen molar-refractivity contribution in [1.29, 1.82) is 0 Å². The van der Waals surface area contributed by atoms with Crippen molar-refractivity contribution in [1.82, 2.24) is 5.32 Å². The van der Waals surface area contributed by atoms with E-state index in [2.05, 4.69) is 12.2 Å². The minimum Gasteiger partial charge on any atom is -0.493 e. The van der Waals surface area contributed by atoms with E-state index in [1.165, 1.54) is 5.56 Å². The van der Waals surface area contributed by atoms with Crippen LogP contribution in [0.15, 0.2) is 42.5 Å². The van der Waals surface area contributed by atoms with Crippen molar-refractivity contribution in [2.45, 2.75) is 26.3 Å². The van der Waals surface area contributed by atoms with Crippen LogP contribution in [0.4, 0.5) is 0 Å². The lowest BCUT2D eigenvalue weighted by Crippen LogP contribution is -2.26. The van der Waals surface area contributed by atoms with Crippen LogP contribution >= 0.6 is 0 Å². The zero-order valence-electron chi connectivity index (χ0n) is 14.1. The van der Waals surface area contributed by atoms with Crippen molar-refractivity contribution in [3.8, 4) is 11.5 Å². The predicted molar refractivity (Wildman–Crippen MR) is 91.2 cm³/mol. The second-order valence-electron chi connectivity index (χ2n) is 5.36. The van der Waals surface area contributed by atoms with Crippen LogP contribution < -0.4 is 14.8 Å². The van der Waals surface area contributed by atoms with Gasteiger partial charge in [0, 0.05) is 5.56 Å². The summed E-state index contributed by atoms with van der Waals surface area (Å²) in [6, 6.07) is 13.2. The Hall–Kier alpha value is -2.49. The summed E-state index contributed by atoms with van der Waals surface area (Å²) in [4.78, 5) is 12.3. The number of hydrogen-bond acceptors (Lipinski definition) is 3. The van der Waals surface area contributed by atoms with Gasteiger partial charge < -0.3 is 14.8 Å². The quantitative estimate of drug-likeness (QED) is 0.883. The van der Waals surface area contributed by atoms with Crippen LogP contribution in [0.25, 0.3) is 0 Å². The molecule has 0 saturated heterocycles. The molecule has 2 rings (SSSR count). The molecule has 23 heavy (non-hydrogen) atoms. The topological polar surface area (TPSA) is 47.6 Å². The first-order valence-electron chi connectivity index (χ1n) is 7.70. The lowest BCUT2D eigenvalue weighted by Gasteiger charge is -2.16. The third-order valence-corrected chi connectivity index (χ3v) is 3.88. The smallest absolute Gasteiger partial charge is 0.251 e. The molecule has 2 aromatic carbocycles. The van der Waals surface area contributed by atoms with Gasteiger partial charge in [-0.1, -0.05) is 25.1 Å². The molecule has 1 N–H and O–H groups in total. The molecule has 0 fully saturated rings. The van der Waals surface area contributed by atoms with Gasteiger partial charge in [0.15, 0.2) is 11.5 Å². The van der Waals surface area contributed by atoms with Gasteiger partial charge in [-0.2, -0.15) is 0 Å². The van der Waals surface area contributed by atoms with Crippen LogP contribution in [0.1, 0.15) is 41.4 Å². The van der Waals surface area contributed by atoms with Crippen LogP contribution in [0, 0.1) is 0 Å². The van der Waals surface area contributed by atoms with Gasteiger partial charge in [0.2, 0.25) is 0 Å². The molecule has 0 aliphatic heterocycles. The molecule has 0 aliphatic carbocycles. The summed E-state index contributed by atoms with van der Waals surface area (Å²) in [7, 11) is 3.20. The van der Waals surface area contributed by atoms with Crippen molar-refractivity contribution in [3.63, 3.8) is 0 Å². The molecular weight excluding hydrogens is 290 g/mol. The molecule has 1 unspecified atom stereocenters. The molecule has 1 amide bonds. The Morgan fingerprint density at radius 2 is 1.70 bits per heavy atom. The molecule has 0 spiro atoms. The highest BCUT2D eigenvalue weighted by Crippen LogP contribution is 2.29. The highest BCUT2D eigenvalue weighted by atomic mass is 16.5. The first-order valence-corrected chi connectivity index (χ1v) is 7.70. The Labute approximate surface area is 137 Å². The number of ether oxygens (including phenoxy) is 2. The van der Waals surface area contributed by atoms with E-state index in [1.807, 2.05) is 49.4 Å². The molecule has 0 aliphatic rings. The van der Waals surface area contributed by atoms with Gasteiger partial charge in [0.25, 0.3) is 5.91 Å². The number of rotatable bonds is 6. The van der Waals surface area contributed by atoms with Gasteiger partial charge >= 0.3 is 0 Å². The van der Waals surface area contributed by atoms with Gasteiger partial charge in [-0.25, -0.2) is 0 Å². The standard InChI is InChI=1S/C19H23NO3/c1-5-14-6-8-15(9-7-14)19(21)20-13(2)16-10-11-17(22-3)18(12-16)23-4/h6-13H,5H2,1-4H3,(H,20,21). The summed E-state index contributed by atoms with van der Waals surface area (Å²) >= 11 is 0. The number of carbonyl (C=O) groups excluding carboxylic acids is 1. The van der Waals surface area contributed by atoms with Crippen molar-refractivity contribution in [2.24, 2.45) is 0 Å². The zero-order valence-corrected chi connectivity index (χ0v) is 14.1. The first kappa shape index (κ1) is 16.9. The minimum atomic E-state index is -0.131. The van der Waals surface area contributed by atoms with E-state index in [9.17, 15) is 4.79 Å². The normalized spacial score (nSPS) is 11.7. The summed E-state index contributed by atoms with van der Waals surface area (Å²) in [5.41, 5.74) is 2.84. The third-order valence-electron chi connectivity index (χ3n) is 3.88. The largest absolute Gasteiger partial charge is 0.493 e. The van der Waals surface area contributed by atoms with Gasteiger partial charge in [0.05, 0.1) is 20.3 Å². The molecule has 0 bridgehead atoms. The monoisotopic (exact) mass is 313 g/mol. The molecule has 4 heteroatoms. The fraction of sp³-hybridized carbons (Fsp3) is 0.316. The molecule has 0 radical (unpaired) electrons. The van der Waals surface area contributed by atoms with Crippen molar-refractivity contribution < 1.29 is 14.3 Å². The highest BCUT2D eigenvalue weighted by molar-refractivity contribution is 5.94. The summed E-state index contributed by atoms with van der Waals surface area (Å²) in [5, 5.41) is 3.00. The highest BCUT2D eigenvalue weighted by Gasteiger charge is 2.13. The number of nitrogens with one attached hydrogen (secondary N) is 1. The average molecular weight is 313 g/mol. The van der Waals surface area contributed by atoms with Crippen molar-refractivity contribution in [2.75, 3.05) is 14.2 Å². The fourth-order valence-corrected chi connectivity index (χ4v) is 2.38. The van der Waals surface area contributed by atoms with E-state index < -0.39 is 0 Å². The van der Waals surface area contributed by atoms with Crippen LogP contribution in [0.2, 0.25) is 0 Å². The molecule has 122 valence electrons. The zero-order chi connectivity index (χ0) is 16.8. The summed E-state index contributed by atoms with van der Waals surface area (Å²) in [5.74, 6) is 1.23. The molecule has 1 atom stereocenters. The second kappa shape index (κ2) is 7.68. The lowest BCUT2D eigenvalue weighted by molar-refractivity contribution is 0.0940. The number of carbonyl (C=O) groups is 1. The predicted octanol–water partition coefficient (Wildman–Crippen LogP) is 3.76.